The van der Waals surface area contributed by atoms with Crippen molar-refractivity contribution < 1.29 is 4.42 Å². The van der Waals surface area contributed by atoms with Gasteiger partial charge >= 0.3 is 0 Å². The highest BCUT2D eigenvalue weighted by molar-refractivity contribution is 6.34. The van der Waals surface area contributed by atoms with Crippen LogP contribution in [0.3, 0.4) is 0 Å². The average Bonchev–Trinajstić information content (AvgIpc) is 2.70. The maximum absolute atomic E-state index is 6.06. The van der Waals surface area contributed by atoms with E-state index in [4.69, 9.17) is 21.8 Å². The minimum absolute atomic E-state index is 0.165. The number of oxazole rings is 1. The Morgan fingerprint density at radius 3 is 2.76 bits per heavy atom. The van der Waals surface area contributed by atoms with Gasteiger partial charge in [0.05, 0.1) is 5.02 Å². The summed E-state index contributed by atoms with van der Waals surface area (Å²) >= 11 is 6.06. The van der Waals surface area contributed by atoms with Crippen molar-refractivity contribution in [3.8, 4) is 0 Å². The molecular formula is C13H17ClN2O. The molecule has 0 spiro atoms. The van der Waals surface area contributed by atoms with E-state index in [1.807, 2.05) is 12.1 Å². The molecule has 1 heterocycles. The molecule has 1 atom stereocenters. The van der Waals surface area contributed by atoms with Gasteiger partial charge in [0, 0.05) is 12.5 Å². The van der Waals surface area contributed by atoms with Gasteiger partial charge in [0.25, 0.3) is 0 Å². The predicted octanol–water partition coefficient (Wildman–Crippen LogP) is 3.57. The minimum atomic E-state index is 0.165. The van der Waals surface area contributed by atoms with Crippen LogP contribution in [0, 0.1) is 5.92 Å². The lowest BCUT2D eigenvalue weighted by Crippen LogP contribution is -2.14. The molecule has 2 N–H and O–H groups in total. The largest absolute Gasteiger partial charge is 0.439 e. The highest BCUT2D eigenvalue weighted by atomic mass is 35.5. The predicted molar refractivity (Wildman–Crippen MR) is 70.3 cm³/mol. The van der Waals surface area contributed by atoms with E-state index in [9.17, 15) is 0 Å². The first kappa shape index (κ1) is 12.4. The van der Waals surface area contributed by atoms with E-state index in [1.165, 1.54) is 0 Å². The summed E-state index contributed by atoms with van der Waals surface area (Å²) < 4.78 is 5.73. The summed E-state index contributed by atoms with van der Waals surface area (Å²) in [6, 6.07) is 5.58. The van der Waals surface area contributed by atoms with Gasteiger partial charge in [0.2, 0.25) is 0 Å². The van der Waals surface area contributed by atoms with Crippen molar-refractivity contribution in [3.63, 3.8) is 0 Å². The molecule has 0 aliphatic carbocycles. The Morgan fingerprint density at radius 1 is 1.41 bits per heavy atom. The van der Waals surface area contributed by atoms with Gasteiger partial charge in [-0.2, -0.15) is 0 Å². The SMILES string of the molecule is CC(C)CC(CN)c1nc2cccc(Cl)c2o1. The molecule has 0 aliphatic rings. The van der Waals surface area contributed by atoms with E-state index in [0.717, 1.165) is 11.9 Å². The molecule has 0 amide bonds. The molecule has 17 heavy (non-hydrogen) atoms. The minimum Gasteiger partial charge on any atom is -0.439 e. The van der Waals surface area contributed by atoms with Crippen molar-refractivity contribution in [2.45, 2.75) is 26.2 Å². The molecule has 3 nitrogen and oxygen atoms in total. The Bertz CT molecular complexity index is 507. The van der Waals surface area contributed by atoms with Gasteiger partial charge in [-0.05, 0) is 24.5 Å². The Kier molecular flexibility index (Phi) is 3.69. The highest BCUT2D eigenvalue weighted by Gasteiger charge is 2.18. The molecular weight excluding hydrogens is 236 g/mol. The van der Waals surface area contributed by atoms with E-state index < -0.39 is 0 Å². The van der Waals surface area contributed by atoms with Gasteiger partial charge in [0.15, 0.2) is 11.5 Å². The first-order valence-corrected chi connectivity index (χ1v) is 6.24. The van der Waals surface area contributed by atoms with Gasteiger partial charge in [-0.3, -0.25) is 0 Å². The number of halogens is 1. The van der Waals surface area contributed by atoms with Crippen molar-refractivity contribution in [2.24, 2.45) is 11.7 Å². The first-order chi connectivity index (χ1) is 8.11. The average molecular weight is 253 g/mol. The normalized spacial score (nSPS) is 13.5. The van der Waals surface area contributed by atoms with E-state index in [0.29, 0.717) is 29.0 Å². The van der Waals surface area contributed by atoms with Crippen LogP contribution in [0.2, 0.25) is 5.02 Å². The lowest BCUT2D eigenvalue weighted by molar-refractivity contribution is 0.414. The van der Waals surface area contributed by atoms with Crippen LogP contribution in [0.15, 0.2) is 22.6 Å². The Morgan fingerprint density at radius 2 is 2.18 bits per heavy atom. The van der Waals surface area contributed by atoms with Gasteiger partial charge in [-0.25, -0.2) is 4.98 Å². The maximum Gasteiger partial charge on any atom is 0.199 e. The number of hydrogen-bond acceptors (Lipinski definition) is 3. The molecule has 1 aromatic heterocycles. The summed E-state index contributed by atoms with van der Waals surface area (Å²) in [6.07, 6.45) is 0.973. The lowest BCUT2D eigenvalue weighted by atomic mass is 9.97. The summed E-state index contributed by atoms with van der Waals surface area (Å²) in [4.78, 5) is 4.47. The van der Waals surface area contributed by atoms with E-state index in [2.05, 4.69) is 18.8 Å². The van der Waals surface area contributed by atoms with Crippen molar-refractivity contribution in [1.82, 2.24) is 4.98 Å². The Labute approximate surface area is 106 Å². The molecule has 2 aromatic rings. The summed E-state index contributed by atoms with van der Waals surface area (Å²) in [5, 5.41) is 0.599. The topological polar surface area (TPSA) is 52.0 Å². The van der Waals surface area contributed by atoms with Crippen LogP contribution in [0.25, 0.3) is 11.1 Å². The van der Waals surface area contributed by atoms with Crippen molar-refractivity contribution >= 4 is 22.7 Å². The Balaban J connectivity index is 2.37. The molecule has 0 saturated carbocycles. The fraction of sp³-hybridized carbons (Fsp3) is 0.462. The summed E-state index contributed by atoms with van der Waals surface area (Å²) in [5.74, 6) is 1.43. The van der Waals surface area contributed by atoms with Crippen LogP contribution in [0.5, 0.6) is 0 Å². The molecule has 0 fully saturated rings. The molecule has 4 heteroatoms. The van der Waals surface area contributed by atoms with Crippen LogP contribution in [0.4, 0.5) is 0 Å². The summed E-state index contributed by atoms with van der Waals surface area (Å²) in [6.45, 7) is 4.87. The highest BCUT2D eigenvalue weighted by Crippen LogP contribution is 2.29. The van der Waals surface area contributed by atoms with Gasteiger partial charge in [-0.1, -0.05) is 31.5 Å². The number of rotatable bonds is 4. The third-order valence-electron chi connectivity index (χ3n) is 2.77. The number of para-hydroxylation sites is 1. The van der Waals surface area contributed by atoms with Gasteiger partial charge < -0.3 is 10.2 Å². The molecule has 1 unspecified atom stereocenters. The fourth-order valence-electron chi connectivity index (χ4n) is 1.97. The number of aromatic nitrogens is 1. The zero-order valence-electron chi connectivity index (χ0n) is 10.1. The van der Waals surface area contributed by atoms with Gasteiger partial charge in [0.1, 0.15) is 5.52 Å². The zero-order valence-corrected chi connectivity index (χ0v) is 10.9. The standard InChI is InChI=1S/C13H17ClN2O/c1-8(2)6-9(7-15)13-16-11-5-3-4-10(14)12(11)17-13/h3-5,8-9H,6-7,15H2,1-2H3. The smallest absolute Gasteiger partial charge is 0.199 e. The number of benzene rings is 1. The van der Waals surface area contributed by atoms with Crippen LogP contribution < -0.4 is 5.73 Å². The molecule has 0 saturated heterocycles. The second-order valence-electron chi connectivity index (χ2n) is 4.70. The number of hydrogen-bond donors (Lipinski definition) is 1. The Hall–Kier alpha value is -1.06. The monoisotopic (exact) mass is 252 g/mol. The molecule has 1 aromatic carbocycles. The number of nitrogens with zero attached hydrogens (tertiary/aromatic N) is 1. The van der Waals surface area contributed by atoms with Gasteiger partial charge in [-0.15, -0.1) is 0 Å². The van der Waals surface area contributed by atoms with E-state index in [1.54, 1.807) is 6.07 Å². The van der Waals surface area contributed by atoms with Crippen molar-refractivity contribution in [3.05, 3.63) is 29.1 Å². The molecule has 2 rings (SSSR count). The molecule has 0 aliphatic heterocycles. The van der Waals surface area contributed by atoms with Crippen molar-refractivity contribution in [2.75, 3.05) is 6.54 Å². The quantitative estimate of drug-likeness (QED) is 0.905. The molecule has 0 radical (unpaired) electrons. The van der Waals surface area contributed by atoms with Crippen molar-refractivity contribution in [1.29, 1.82) is 0 Å². The van der Waals surface area contributed by atoms with E-state index in [-0.39, 0.29) is 5.92 Å². The molecule has 0 bridgehead atoms. The second-order valence-corrected chi connectivity index (χ2v) is 5.11. The lowest BCUT2D eigenvalue weighted by Gasteiger charge is -2.12. The zero-order chi connectivity index (χ0) is 12.4. The third-order valence-corrected chi connectivity index (χ3v) is 3.07. The van der Waals surface area contributed by atoms with E-state index >= 15 is 0 Å². The first-order valence-electron chi connectivity index (χ1n) is 5.86. The molecule has 92 valence electrons. The van der Waals surface area contributed by atoms with Crippen LogP contribution >= 0.6 is 11.6 Å². The second kappa shape index (κ2) is 5.07. The summed E-state index contributed by atoms with van der Waals surface area (Å²) in [7, 11) is 0. The number of fused-ring (bicyclic) bond motifs is 1. The van der Waals surface area contributed by atoms with Crippen LogP contribution in [-0.2, 0) is 0 Å². The number of nitrogens with two attached hydrogens (primary N) is 1. The third kappa shape index (κ3) is 2.61. The summed E-state index contributed by atoms with van der Waals surface area (Å²) in [5.41, 5.74) is 7.24. The van der Waals surface area contributed by atoms with Crippen LogP contribution in [-0.4, -0.2) is 11.5 Å². The van der Waals surface area contributed by atoms with Crippen LogP contribution in [0.1, 0.15) is 32.1 Å². The maximum atomic E-state index is 6.06. The fourth-order valence-corrected chi connectivity index (χ4v) is 2.18.